The van der Waals surface area contributed by atoms with E-state index in [0.717, 1.165) is 18.4 Å². The molecule has 0 aromatic heterocycles. The molecule has 0 aromatic rings. The van der Waals surface area contributed by atoms with E-state index in [1.165, 1.54) is 12.8 Å². The minimum Gasteiger partial charge on any atom is -0.444 e. The first-order valence-corrected chi connectivity index (χ1v) is 8.43. The number of nitrogens with zero attached hydrogens (tertiary/aromatic N) is 1. The van der Waals surface area contributed by atoms with Crippen molar-refractivity contribution in [3.63, 3.8) is 0 Å². The number of ether oxygens (including phenoxy) is 2. The highest BCUT2D eigenvalue weighted by Crippen LogP contribution is 2.33. The average Bonchev–Trinajstić information content (AvgIpc) is 2.32. The molecule has 0 spiro atoms. The van der Waals surface area contributed by atoms with E-state index < -0.39 is 5.60 Å². The third-order valence-corrected chi connectivity index (χ3v) is 4.15. The maximum atomic E-state index is 12.2. The van der Waals surface area contributed by atoms with Gasteiger partial charge in [0.15, 0.2) is 0 Å². The Kier molecular flexibility index (Phi) is 7.63. The summed E-state index contributed by atoms with van der Waals surface area (Å²) in [6, 6.07) is 0.607. The number of hydrogen-bond donors (Lipinski definition) is 1. The number of amides is 1. The zero-order chi connectivity index (χ0) is 16.8. The van der Waals surface area contributed by atoms with Crippen LogP contribution < -0.4 is 5.32 Å². The van der Waals surface area contributed by atoms with E-state index in [-0.39, 0.29) is 6.09 Å². The molecule has 0 unspecified atom stereocenters. The lowest BCUT2D eigenvalue weighted by atomic mass is 9.74. The second-order valence-electron chi connectivity index (χ2n) is 7.59. The maximum Gasteiger partial charge on any atom is 0.410 e. The molecule has 5 nitrogen and oxygen atoms in total. The van der Waals surface area contributed by atoms with E-state index in [1.54, 1.807) is 12.0 Å². The number of nitrogens with one attached hydrogen (secondary N) is 1. The summed E-state index contributed by atoms with van der Waals surface area (Å²) in [7, 11) is 1.64. The van der Waals surface area contributed by atoms with Gasteiger partial charge >= 0.3 is 6.09 Å². The van der Waals surface area contributed by atoms with Crippen LogP contribution in [0.5, 0.6) is 0 Å². The molecule has 130 valence electrons. The first-order chi connectivity index (χ1) is 10.2. The molecule has 0 radical (unpaired) electrons. The van der Waals surface area contributed by atoms with Crippen molar-refractivity contribution in [2.75, 3.05) is 33.4 Å². The van der Waals surface area contributed by atoms with Gasteiger partial charge in [-0.05, 0) is 45.4 Å². The van der Waals surface area contributed by atoms with Crippen molar-refractivity contribution in [3.05, 3.63) is 0 Å². The molecule has 5 heteroatoms. The summed E-state index contributed by atoms with van der Waals surface area (Å²) in [6.07, 6.45) is 2.24. The second kappa shape index (κ2) is 8.73. The fraction of sp³-hybridized carbons (Fsp3) is 0.941. The van der Waals surface area contributed by atoms with Crippen molar-refractivity contribution in [1.82, 2.24) is 10.2 Å². The van der Waals surface area contributed by atoms with Gasteiger partial charge in [0.25, 0.3) is 0 Å². The van der Waals surface area contributed by atoms with Crippen LogP contribution in [0.2, 0.25) is 0 Å². The molecule has 22 heavy (non-hydrogen) atoms. The molecule has 0 aromatic carbocycles. The molecule has 0 saturated heterocycles. The number of carbonyl (C=O) groups excluding carboxylic acids is 1. The molecule has 0 aliphatic heterocycles. The van der Waals surface area contributed by atoms with Crippen LogP contribution in [0.3, 0.4) is 0 Å². The molecule has 1 aliphatic rings. The van der Waals surface area contributed by atoms with Crippen molar-refractivity contribution in [2.24, 2.45) is 11.8 Å². The minimum atomic E-state index is -0.464. The minimum absolute atomic E-state index is 0.264. The summed E-state index contributed by atoms with van der Waals surface area (Å²) in [5.74, 6) is 1.63. The topological polar surface area (TPSA) is 50.8 Å². The largest absolute Gasteiger partial charge is 0.444 e. The summed E-state index contributed by atoms with van der Waals surface area (Å²) < 4.78 is 10.5. The van der Waals surface area contributed by atoms with Crippen molar-refractivity contribution < 1.29 is 14.3 Å². The quantitative estimate of drug-likeness (QED) is 0.748. The molecule has 1 saturated carbocycles. The molecule has 1 N–H and O–H groups in total. The van der Waals surface area contributed by atoms with Crippen molar-refractivity contribution in [3.8, 4) is 0 Å². The van der Waals surface area contributed by atoms with Crippen LogP contribution in [0.25, 0.3) is 0 Å². The maximum absolute atomic E-state index is 12.2. The van der Waals surface area contributed by atoms with Gasteiger partial charge in [-0.3, -0.25) is 0 Å². The smallest absolute Gasteiger partial charge is 0.410 e. The molecule has 0 bridgehead atoms. The van der Waals surface area contributed by atoms with E-state index in [0.29, 0.717) is 25.7 Å². The van der Waals surface area contributed by atoms with Crippen molar-refractivity contribution in [1.29, 1.82) is 0 Å². The molecular formula is C17H34N2O3. The van der Waals surface area contributed by atoms with Crippen LogP contribution in [-0.2, 0) is 9.47 Å². The van der Waals surface area contributed by atoms with Gasteiger partial charge in [0, 0.05) is 32.8 Å². The zero-order valence-corrected chi connectivity index (χ0v) is 15.1. The van der Waals surface area contributed by atoms with E-state index in [4.69, 9.17) is 9.47 Å². The highest BCUT2D eigenvalue weighted by atomic mass is 16.6. The summed E-state index contributed by atoms with van der Waals surface area (Å²) in [6.45, 7) is 12.8. The Morgan fingerprint density at radius 2 is 1.91 bits per heavy atom. The van der Waals surface area contributed by atoms with Gasteiger partial charge in [-0.1, -0.05) is 13.8 Å². The highest BCUT2D eigenvalue weighted by molar-refractivity contribution is 5.68. The molecular weight excluding hydrogens is 280 g/mol. The van der Waals surface area contributed by atoms with Crippen LogP contribution in [0.4, 0.5) is 4.79 Å². The Labute approximate surface area is 135 Å². The average molecular weight is 314 g/mol. The molecule has 1 amide bonds. The van der Waals surface area contributed by atoms with Crippen LogP contribution in [0, 0.1) is 11.8 Å². The van der Waals surface area contributed by atoms with Gasteiger partial charge < -0.3 is 19.7 Å². The highest BCUT2D eigenvalue weighted by Gasteiger charge is 2.30. The zero-order valence-electron chi connectivity index (χ0n) is 15.1. The standard InChI is InChI=1S/C17H34N2O3/c1-13(2)14-11-15(12-14)18-7-8-19(9-10-21-6)16(20)22-17(3,4)5/h13-15,18H,7-12H2,1-6H3. The number of rotatable bonds is 8. The first kappa shape index (κ1) is 19.2. The fourth-order valence-electron chi connectivity index (χ4n) is 2.60. The number of methoxy groups -OCH3 is 1. The van der Waals surface area contributed by atoms with Crippen LogP contribution in [0.1, 0.15) is 47.5 Å². The lowest BCUT2D eigenvalue weighted by Gasteiger charge is -2.39. The van der Waals surface area contributed by atoms with Crippen LogP contribution in [0.15, 0.2) is 0 Å². The van der Waals surface area contributed by atoms with E-state index in [2.05, 4.69) is 19.2 Å². The van der Waals surface area contributed by atoms with Gasteiger partial charge in [0.05, 0.1) is 6.61 Å². The number of carbonyl (C=O) groups is 1. The van der Waals surface area contributed by atoms with Gasteiger partial charge in [-0.2, -0.15) is 0 Å². The lowest BCUT2D eigenvalue weighted by Crippen LogP contribution is -2.47. The predicted molar refractivity (Wildman–Crippen MR) is 89.0 cm³/mol. The third kappa shape index (κ3) is 6.97. The fourth-order valence-corrected chi connectivity index (χ4v) is 2.60. The van der Waals surface area contributed by atoms with Crippen LogP contribution in [-0.4, -0.2) is 56.0 Å². The summed E-state index contributed by atoms with van der Waals surface area (Å²) in [5, 5.41) is 3.54. The third-order valence-electron chi connectivity index (χ3n) is 4.15. The van der Waals surface area contributed by atoms with Gasteiger partial charge in [-0.25, -0.2) is 4.79 Å². The SMILES string of the molecule is COCCN(CCNC1CC(C(C)C)C1)C(=O)OC(C)(C)C. The van der Waals surface area contributed by atoms with Crippen LogP contribution >= 0.6 is 0 Å². The summed E-state index contributed by atoms with van der Waals surface area (Å²) >= 11 is 0. The first-order valence-electron chi connectivity index (χ1n) is 8.43. The Bertz CT molecular complexity index is 333. The lowest BCUT2D eigenvalue weighted by molar-refractivity contribution is 0.0199. The Hall–Kier alpha value is -0.810. The Morgan fingerprint density at radius 3 is 2.41 bits per heavy atom. The Morgan fingerprint density at radius 1 is 1.27 bits per heavy atom. The van der Waals surface area contributed by atoms with Gasteiger partial charge in [0.2, 0.25) is 0 Å². The van der Waals surface area contributed by atoms with Crippen molar-refractivity contribution in [2.45, 2.75) is 59.1 Å². The van der Waals surface area contributed by atoms with Gasteiger partial charge in [0.1, 0.15) is 5.60 Å². The Balaban J connectivity index is 2.31. The van der Waals surface area contributed by atoms with E-state index in [9.17, 15) is 4.79 Å². The molecule has 1 rings (SSSR count). The summed E-state index contributed by atoms with van der Waals surface area (Å²) in [4.78, 5) is 13.9. The monoisotopic (exact) mass is 314 g/mol. The van der Waals surface area contributed by atoms with E-state index in [1.807, 2.05) is 20.8 Å². The predicted octanol–water partition coefficient (Wildman–Crippen LogP) is 2.89. The molecule has 1 fully saturated rings. The molecule has 0 heterocycles. The normalized spacial score (nSPS) is 21.6. The van der Waals surface area contributed by atoms with Gasteiger partial charge in [-0.15, -0.1) is 0 Å². The summed E-state index contributed by atoms with van der Waals surface area (Å²) in [5.41, 5.74) is -0.464. The number of hydrogen-bond acceptors (Lipinski definition) is 4. The molecule has 0 atom stereocenters. The second-order valence-corrected chi connectivity index (χ2v) is 7.59. The molecule has 1 aliphatic carbocycles. The van der Waals surface area contributed by atoms with E-state index >= 15 is 0 Å². The van der Waals surface area contributed by atoms with Crippen molar-refractivity contribution >= 4 is 6.09 Å².